The highest BCUT2D eigenvalue weighted by Gasteiger charge is 2.19. The highest BCUT2D eigenvalue weighted by Crippen LogP contribution is 2.25. The van der Waals surface area contributed by atoms with Crippen LogP contribution in [0.5, 0.6) is 0 Å². The lowest BCUT2D eigenvalue weighted by Gasteiger charge is -2.19. The number of aliphatic hydroxyl groups is 1. The van der Waals surface area contributed by atoms with Gasteiger partial charge < -0.3 is 20.8 Å². The average Bonchev–Trinajstić information content (AvgIpc) is 2.71. The van der Waals surface area contributed by atoms with Crippen molar-refractivity contribution in [1.82, 2.24) is 9.97 Å². The van der Waals surface area contributed by atoms with Crippen LogP contribution in [0.25, 0.3) is 0 Å². The number of nitrogens with zero attached hydrogens (tertiary/aromatic N) is 2. The molecular weight excluding hydrogens is 420 g/mol. The van der Waals surface area contributed by atoms with Crippen molar-refractivity contribution >= 4 is 33.3 Å². The van der Waals surface area contributed by atoms with Gasteiger partial charge in [-0.2, -0.15) is 4.98 Å². The van der Waals surface area contributed by atoms with E-state index in [0.29, 0.717) is 11.3 Å². The molecule has 0 unspecified atom stereocenters. The molecule has 3 rings (SSSR count). The molecule has 0 amide bonds. The molecule has 162 valence electrons. The van der Waals surface area contributed by atoms with E-state index in [1.807, 2.05) is 18.2 Å². The number of hydrogen-bond donors (Lipinski definition) is 4. The number of carboxylic acid groups (broad SMARTS) is 1. The van der Waals surface area contributed by atoms with E-state index in [4.69, 9.17) is 0 Å². The minimum Gasteiger partial charge on any atom is -0.477 e. The number of anilines is 3. The zero-order valence-corrected chi connectivity index (χ0v) is 17.7. The van der Waals surface area contributed by atoms with Gasteiger partial charge in [-0.25, -0.2) is 18.2 Å². The first kappa shape index (κ1) is 22.2. The zero-order valence-electron chi connectivity index (χ0n) is 16.9. The monoisotopic (exact) mass is 442 g/mol. The van der Waals surface area contributed by atoms with Gasteiger partial charge in [0.2, 0.25) is 5.95 Å². The fraction of sp³-hybridized carbons (Fsp3) is 0.190. The van der Waals surface area contributed by atoms with Gasteiger partial charge in [-0.05, 0) is 36.2 Å². The first-order valence-corrected chi connectivity index (χ1v) is 11.2. The number of rotatable bonds is 8. The van der Waals surface area contributed by atoms with E-state index in [0.717, 1.165) is 18.0 Å². The van der Waals surface area contributed by atoms with Gasteiger partial charge >= 0.3 is 5.97 Å². The van der Waals surface area contributed by atoms with Crippen molar-refractivity contribution in [1.29, 1.82) is 0 Å². The highest BCUT2D eigenvalue weighted by atomic mass is 32.2. The van der Waals surface area contributed by atoms with Gasteiger partial charge in [-0.15, -0.1) is 0 Å². The Bertz CT molecular complexity index is 1200. The molecule has 0 bridgehead atoms. The largest absolute Gasteiger partial charge is 0.477 e. The van der Waals surface area contributed by atoms with Crippen LogP contribution in [-0.4, -0.2) is 47.4 Å². The molecule has 0 aliphatic heterocycles. The Hall–Kier alpha value is -3.50. The fourth-order valence-corrected chi connectivity index (χ4v) is 4.02. The van der Waals surface area contributed by atoms with Gasteiger partial charge in [0, 0.05) is 18.1 Å². The number of aryl methyl sites for hydroxylation is 1. The summed E-state index contributed by atoms with van der Waals surface area (Å²) < 4.78 is 23.6. The summed E-state index contributed by atoms with van der Waals surface area (Å²) in [5.74, 6) is -1.06. The van der Waals surface area contributed by atoms with Crippen molar-refractivity contribution in [3.8, 4) is 0 Å². The van der Waals surface area contributed by atoms with Gasteiger partial charge in [-0.3, -0.25) is 0 Å². The van der Waals surface area contributed by atoms with Gasteiger partial charge in [-0.1, -0.05) is 30.3 Å². The second-order valence-electron chi connectivity index (χ2n) is 6.93. The Morgan fingerprint density at radius 3 is 2.45 bits per heavy atom. The van der Waals surface area contributed by atoms with E-state index < -0.39 is 21.8 Å². The molecule has 2 aromatic carbocycles. The van der Waals surface area contributed by atoms with E-state index in [1.165, 1.54) is 6.07 Å². The molecule has 4 N–H and O–H groups in total. The van der Waals surface area contributed by atoms with Crippen LogP contribution in [0, 0.1) is 6.92 Å². The molecule has 0 saturated carbocycles. The summed E-state index contributed by atoms with van der Waals surface area (Å²) in [6, 6.07) is 13.2. The van der Waals surface area contributed by atoms with Crippen LogP contribution in [0.2, 0.25) is 0 Å². The summed E-state index contributed by atoms with van der Waals surface area (Å²) in [6.07, 6.45) is 2.30. The molecular formula is C21H22N4O5S. The van der Waals surface area contributed by atoms with E-state index in [9.17, 15) is 23.4 Å². The van der Waals surface area contributed by atoms with Crippen LogP contribution < -0.4 is 10.6 Å². The molecule has 0 aliphatic rings. The average molecular weight is 442 g/mol. The first-order chi connectivity index (χ1) is 14.7. The lowest BCUT2D eigenvalue weighted by Crippen LogP contribution is -2.18. The summed E-state index contributed by atoms with van der Waals surface area (Å²) in [5, 5.41) is 25.2. The molecule has 10 heteroatoms. The summed E-state index contributed by atoms with van der Waals surface area (Å²) >= 11 is 0. The third-order valence-corrected chi connectivity index (χ3v) is 5.80. The van der Waals surface area contributed by atoms with Crippen LogP contribution in [0.4, 0.5) is 17.5 Å². The smallest absolute Gasteiger partial charge is 0.341 e. The van der Waals surface area contributed by atoms with Gasteiger partial charge in [0.15, 0.2) is 9.84 Å². The number of carbonyl (C=O) groups is 1. The SMILES string of the molecule is Cc1cc(Nc2ncc(C(=O)O)c(N[C@H](CO)c3ccccc3)n2)ccc1S(C)(=O)=O. The predicted octanol–water partition coefficient (Wildman–Crippen LogP) is 2.78. The number of nitrogens with one attached hydrogen (secondary N) is 2. The number of benzene rings is 2. The lowest BCUT2D eigenvalue weighted by atomic mass is 10.1. The van der Waals surface area contributed by atoms with Crippen molar-refractivity contribution in [2.24, 2.45) is 0 Å². The molecule has 0 fully saturated rings. The number of aromatic carboxylic acids is 1. The quantitative estimate of drug-likeness (QED) is 0.414. The van der Waals surface area contributed by atoms with Crippen LogP contribution in [0.15, 0.2) is 59.6 Å². The van der Waals surface area contributed by atoms with Crippen LogP contribution in [0.1, 0.15) is 27.5 Å². The Kier molecular flexibility index (Phi) is 6.52. The van der Waals surface area contributed by atoms with Crippen molar-refractivity contribution in [3.63, 3.8) is 0 Å². The standard InChI is InChI=1S/C21H22N4O5S/c1-13-10-15(8-9-18(13)31(2,29)30)23-21-22-11-16(20(27)28)19(25-21)24-17(12-26)14-6-4-3-5-7-14/h3-11,17,26H,12H2,1-2H3,(H,27,28)(H2,22,23,24,25)/t17-/m1/s1. The normalized spacial score (nSPS) is 12.2. The molecule has 1 aromatic heterocycles. The minimum atomic E-state index is -3.35. The zero-order chi connectivity index (χ0) is 22.6. The van der Waals surface area contributed by atoms with E-state index >= 15 is 0 Å². The summed E-state index contributed by atoms with van der Waals surface area (Å²) in [7, 11) is -3.35. The summed E-state index contributed by atoms with van der Waals surface area (Å²) in [6.45, 7) is 1.40. The maximum Gasteiger partial charge on any atom is 0.341 e. The third kappa shape index (κ3) is 5.36. The number of aromatic nitrogens is 2. The lowest BCUT2D eigenvalue weighted by molar-refractivity contribution is 0.0697. The Labute approximate surface area is 179 Å². The third-order valence-electron chi connectivity index (χ3n) is 4.55. The second kappa shape index (κ2) is 9.11. The second-order valence-corrected chi connectivity index (χ2v) is 8.91. The maximum atomic E-state index is 11.8. The highest BCUT2D eigenvalue weighted by molar-refractivity contribution is 7.90. The molecule has 31 heavy (non-hydrogen) atoms. The first-order valence-electron chi connectivity index (χ1n) is 9.29. The number of carboxylic acids is 1. The van der Waals surface area contributed by atoms with Gasteiger partial charge in [0.1, 0.15) is 11.4 Å². The maximum absolute atomic E-state index is 11.8. The summed E-state index contributed by atoms with van der Waals surface area (Å²) in [5.41, 5.74) is 1.71. The van der Waals surface area contributed by atoms with Crippen LogP contribution in [0.3, 0.4) is 0 Å². The Morgan fingerprint density at radius 1 is 1.16 bits per heavy atom. The van der Waals surface area contributed by atoms with Crippen molar-refractivity contribution < 1.29 is 23.4 Å². The topological polar surface area (TPSA) is 142 Å². The molecule has 1 heterocycles. The number of hydrogen-bond acceptors (Lipinski definition) is 8. The predicted molar refractivity (Wildman–Crippen MR) is 116 cm³/mol. The molecule has 0 aliphatic carbocycles. The van der Waals surface area contributed by atoms with E-state index in [-0.39, 0.29) is 28.8 Å². The molecule has 0 spiro atoms. The number of aliphatic hydroxyl groups excluding tert-OH is 1. The molecule has 9 nitrogen and oxygen atoms in total. The molecule has 0 radical (unpaired) electrons. The molecule has 3 aromatic rings. The van der Waals surface area contributed by atoms with Gasteiger partial charge in [0.05, 0.1) is 17.5 Å². The van der Waals surface area contributed by atoms with Crippen molar-refractivity contribution in [2.45, 2.75) is 17.9 Å². The summed E-state index contributed by atoms with van der Waals surface area (Å²) in [4.78, 5) is 20.1. The van der Waals surface area contributed by atoms with E-state index in [1.54, 1.807) is 31.2 Å². The van der Waals surface area contributed by atoms with Crippen molar-refractivity contribution in [2.75, 3.05) is 23.5 Å². The van der Waals surface area contributed by atoms with E-state index in [2.05, 4.69) is 20.6 Å². The van der Waals surface area contributed by atoms with Crippen molar-refractivity contribution in [3.05, 3.63) is 71.4 Å². The molecule has 1 atom stereocenters. The van der Waals surface area contributed by atoms with Crippen LogP contribution in [-0.2, 0) is 9.84 Å². The minimum absolute atomic E-state index is 0.0392. The number of sulfone groups is 1. The van der Waals surface area contributed by atoms with Gasteiger partial charge in [0.25, 0.3) is 0 Å². The van der Waals surface area contributed by atoms with Crippen LogP contribution >= 0.6 is 0 Å². The Morgan fingerprint density at radius 2 is 1.87 bits per heavy atom. The molecule has 0 saturated heterocycles. The Balaban J connectivity index is 1.91. The fourth-order valence-electron chi connectivity index (χ4n) is 3.07.